The number of methoxy groups -OCH3 is 2. The quantitative estimate of drug-likeness (QED) is 0.0426. The van der Waals surface area contributed by atoms with Gasteiger partial charge in [0, 0.05) is 24.9 Å². The fourth-order valence-corrected chi connectivity index (χ4v) is 18.3. The number of benzene rings is 3. The standard InChI is InChI=1S/C55H70N10O10SSi/c1-33(2)51(66)62-54-61-50-48(52(67)63-54)59-32-65(50)53-47(26-44(73-53)29-72-55(38-14-12-11-13-15-38,39-16-20-42(70-9)21-17-39)40-18-22-43(71-10)23-19-40)74-76(68,69)60-27-37-24-41(64-31-58-45-28-56-30-57-49(45)64)25-46(37)75-77(34(3)4,35(5)6)36(7)8/h11-23,28,30-37,41,44,46-47,53,60H,24-27,29H2,1-10H3,(H2,61,62,63,66,67)/t37-,41-,44+,46+,47-,53-/m1/s1. The molecule has 22 heteroatoms. The lowest BCUT2D eigenvalue weighted by molar-refractivity contribution is -0.118. The number of imidazole rings is 2. The summed E-state index contributed by atoms with van der Waals surface area (Å²) in [6.45, 7) is 16.8. The van der Waals surface area contributed by atoms with Crippen LogP contribution in [0.2, 0.25) is 16.6 Å². The Labute approximate surface area is 450 Å². The van der Waals surface area contributed by atoms with Crippen LogP contribution in [0.4, 0.5) is 5.95 Å². The number of aromatic nitrogens is 8. The summed E-state index contributed by atoms with van der Waals surface area (Å²) in [6.07, 6.45) is 4.03. The number of aromatic amines is 1. The maximum Gasteiger partial charge on any atom is 0.336 e. The van der Waals surface area contributed by atoms with Crippen molar-refractivity contribution in [2.75, 3.05) is 32.7 Å². The van der Waals surface area contributed by atoms with Gasteiger partial charge in [-0.3, -0.25) is 24.5 Å². The maximum absolute atomic E-state index is 14.7. The first-order valence-corrected chi connectivity index (χ1v) is 29.8. The van der Waals surface area contributed by atoms with Gasteiger partial charge in [0.15, 0.2) is 23.0 Å². The number of ether oxygens (including phenoxy) is 4. The zero-order valence-corrected chi connectivity index (χ0v) is 47.1. The number of H-pyrrole nitrogens is 1. The van der Waals surface area contributed by atoms with Crippen LogP contribution in [0.15, 0.2) is 109 Å². The fourth-order valence-electron chi connectivity index (χ4n) is 11.7. The van der Waals surface area contributed by atoms with Crippen LogP contribution in [0.3, 0.4) is 0 Å². The van der Waals surface area contributed by atoms with Gasteiger partial charge in [-0.1, -0.05) is 110 Å². The van der Waals surface area contributed by atoms with E-state index in [-0.39, 0.29) is 77.3 Å². The van der Waals surface area contributed by atoms with Crippen LogP contribution in [0, 0.1) is 11.8 Å². The SMILES string of the molecule is COc1ccc(C(OC[C@@H]2C[C@@H](OS(=O)(=O)NC[C@H]3C[C@@H](n4cnc5cncnc54)C[C@@H]3O[Si](C(C)C)(C(C)C)C(C)C)[C@H](n3cnc4c(=O)[nH]c(NC(=O)C(C)C)nc43)O2)(c2ccccc2)c2ccc(OC)cc2)cc1. The molecule has 7 aromatic rings. The highest BCUT2D eigenvalue weighted by atomic mass is 32.2. The summed E-state index contributed by atoms with van der Waals surface area (Å²) in [4.78, 5) is 51.2. The zero-order chi connectivity index (χ0) is 54.8. The third-order valence-corrected chi connectivity index (χ3v) is 22.5. The van der Waals surface area contributed by atoms with Crippen molar-refractivity contribution in [1.82, 2.24) is 43.8 Å². The van der Waals surface area contributed by atoms with E-state index in [4.69, 9.17) is 27.6 Å². The van der Waals surface area contributed by atoms with E-state index in [2.05, 4.69) is 81.5 Å². The number of nitrogens with zero attached hydrogens (tertiary/aromatic N) is 7. The Kier molecular flexibility index (Phi) is 16.5. The molecule has 0 radical (unpaired) electrons. The van der Waals surface area contributed by atoms with Crippen molar-refractivity contribution in [3.8, 4) is 11.5 Å². The first-order valence-electron chi connectivity index (χ1n) is 26.3. The van der Waals surface area contributed by atoms with E-state index in [0.29, 0.717) is 35.5 Å². The second-order valence-electron chi connectivity index (χ2n) is 21.3. The number of carbonyl (C=O) groups is 1. The minimum absolute atomic E-state index is 0.0135. The molecular weight excluding hydrogens is 1020 g/mol. The lowest BCUT2D eigenvalue weighted by Gasteiger charge is -2.45. The third-order valence-electron chi connectivity index (χ3n) is 15.3. The topological polar surface area (TPSA) is 238 Å². The average molecular weight is 1090 g/mol. The second kappa shape index (κ2) is 22.9. The minimum atomic E-state index is -4.56. The number of amides is 1. The first kappa shape index (κ1) is 55.4. The summed E-state index contributed by atoms with van der Waals surface area (Å²) in [6, 6.07) is 24.9. The fraction of sp³-hybridized carbons (Fsp3) is 0.473. The molecule has 6 atom stereocenters. The predicted octanol–water partition coefficient (Wildman–Crippen LogP) is 8.60. The number of nitrogens with one attached hydrogen (secondary N) is 3. The van der Waals surface area contributed by atoms with Gasteiger partial charge < -0.3 is 27.9 Å². The summed E-state index contributed by atoms with van der Waals surface area (Å²) in [5.41, 5.74) is 2.74. The van der Waals surface area contributed by atoms with E-state index in [1.165, 1.54) is 17.2 Å². The Morgan fingerprint density at radius 2 is 1.42 bits per heavy atom. The normalized spacial score (nSPS) is 20.3. The predicted molar refractivity (Wildman–Crippen MR) is 293 cm³/mol. The lowest BCUT2D eigenvalue weighted by Crippen LogP contribution is -2.51. The summed E-state index contributed by atoms with van der Waals surface area (Å²) < 4.78 is 74.5. The first-order chi connectivity index (χ1) is 36.9. The van der Waals surface area contributed by atoms with Gasteiger partial charge in [0.2, 0.25) is 20.2 Å². The average Bonchev–Trinajstić information content (AvgIpc) is 4.28. The number of hydrogen-bond acceptors (Lipinski definition) is 15. The number of carbonyl (C=O) groups excluding carboxylic acids is 1. The number of fused-ring (bicyclic) bond motifs is 2. The Morgan fingerprint density at radius 3 is 2.03 bits per heavy atom. The van der Waals surface area contributed by atoms with Gasteiger partial charge in [-0.05, 0) is 76.3 Å². The number of rotatable bonds is 22. The van der Waals surface area contributed by atoms with Crippen molar-refractivity contribution in [3.05, 3.63) is 131 Å². The van der Waals surface area contributed by atoms with Gasteiger partial charge in [-0.25, -0.2) is 24.1 Å². The maximum atomic E-state index is 14.7. The molecule has 0 bridgehead atoms. The van der Waals surface area contributed by atoms with Crippen LogP contribution in [0.5, 0.6) is 11.5 Å². The lowest BCUT2D eigenvalue weighted by atomic mass is 9.80. The summed E-state index contributed by atoms with van der Waals surface area (Å²) in [7, 11) is -3.81. The highest BCUT2D eigenvalue weighted by Crippen LogP contribution is 2.48. The van der Waals surface area contributed by atoms with Gasteiger partial charge in [0.25, 0.3) is 5.56 Å². The van der Waals surface area contributed by atoms with Crippen LogP contribution in [0.1, 0.15) is 104 Å². The molecule has 1 saturated heterocycles. The van der Waals surface area contributed by atoms with Gasteiger partial charge in [-0.15, -0.1) is 0 Å². The van der Waals surface area contributed by atoms with E-state index in [1.807, 2.05) is 83.4 Å². The van der Waals surface area contributed by atoms with Gasteiger partial charge in [-0.2, -0.15) is 18.1 Å². The van der Waals surface area contributed by atoms with Crippen LogP contribution in [0.25, 0.3) is 22.3 Å². The van der Waals surface area contributed by atoms with Crippen molar-refractivity contribution in [2.45, 2.75) is 127 Å². The molecule has 2 aliphatic rings. The smallest absolute Gasteiger partial charge is 0.336 e. The van der Waals surface area contributed by atoms with Gasteiger partial charge in [0.1, 0.15) is 35.0 Å². The zero-order valence-electron chi connectivity index (χ0n) is 45.2. The molecule has 9 rings (SSSR count). The Bertz CT molecular complexity index is 3250. The summed E-state index contributed by atoms with van der Waals surface area (Å²) >= 11 is 0. The van der Waals surface area contributed by atoms with E-state index in [1.54, 1.807) is 40.6 Å². The molecule has 1 aliphatic carbocycles. The summed E-state index contributed by atoms with van der Waals surface area (Å²) in [5.74, 6) is 0.152. The highest BCUT2D eigenvalue weighted by molar-refractivity contribution is 7.84. The molecule has 4 aromatic heterocycles. The highest BCUT2D eigenvalue weighted by Gasteiger charge is 2.50. The Balaban J connectivity index is 1.05. The van der Waals surface area contributed by atoms with E-state index >= 15 is 0 Å². The molecule has 0 unspecified atom stereocenters. The molecule has 3 aromatic carbocycles. The molecule has 0 spiro atoms. The summed E-state index contributed by atoms with van der Waals surface area (Å²) in [5, 5.41) is 2.66. The minimum Gasteiger partial charge on any atom is -0.497 e. The molecule has 1 amide bonds. The molecule has 5 heterocycles. The van der Waals surface area contributed by atoms with Gasteiger partial charge >= 0.3 is 10.3 Å². The molecule has 1 saturated carbocycles. The van der Waals surface area contributed by atoms with Crippen molar-refractivity contribution in [3.63, 3.8) is 0 Å². The molecule has 20 nitrogen and oxygen atoms in total. The molecule has 77 heavy (non-hydrogen) atoms. The van der Waals surface area contributed by atoms with Crippen molar-refractivity contribution >= 4 is 52.8 Å². The van der Waals surface area contributed by atoms with Crippen LogP contribution in [-0.4, -0.2) is 107 Å². The van der Waals surface area contributed by atoms with E-state index in [0.717, 1.165) is 16.7 Å². The largest absolute Gasteiger partial charge is 0.497 e. The van der Waals surface area contributed by atoms with E-state index in [9.17, 15) is 18.0 Å². The second-order valence-corrected chi connectivity index (χ2v) is 28.1. The number of hydrogen-bond donors (Lipinski definition) is 3. The molecule has 2 fully saturated rings. The van der Waals surface area contributed by atoms with Crippen molar-refractivity contribution in [2.24, 2.45) is 11.8 Å². The number of anilines is 1. The van der Waals surface area contributed by atoms with E-state index < -0.39 is 54.1 Å². The molecule has 3 N–H and O–H groups in total. The molecule has 1 aliphatic heterocycles. The van der Waals surface area contributed by atoms with Crippen molar-refractivity contribution in [1.29, 1.82) is 0 Å². The monoisotopic (exact) mass is 1090 g/mol. The Hall–Kier alpha value is -6.40. The molecule has 410 valence electrons. The Morgan fingerprint density at radius 1 is 0.792 bits per heavy atom. The van der Waals surface area contributed by atoms with Crippen LogP contribution in [-0.2, 0) is 38.8 Å². The third kappa shape index (κ3) is 11.2. The van der Waals surface area contributed by atoms with Crippen molar-refractivity contribution < 1.29 is 40.8 Å². The van der Waals surface area contributed by atoms with Crippen LogP contribution < -0.4 is 25.1 Å². The molecular formula is C55H70N10O10SSi. The van der Waals surface area contributed by atoms with Gasteiger partial charge in [0.05, 0.1) is 51.9 Å². The van der Waals surface area contributed by atoms with Crippen LogP contribution >= 0.6 is 0 Å².